The Balaban J connectivity index is 1.59. The van der Waals surface area contributed by atoms with Gasteiger partial charge in [0.15, 0.2) is 4.77 Å². The highest BCUT2D eigenvalue weighted by Crippen LogP contribution is 2.25. The number of nitrogens with one attached hydrogen (secondary N) is 1. The van der Waals surface area contributed by atoms with Crippen LogP contribution in [0.5, 0.6) is 0 Å². The number of rotatable bonds is 3. The Morgan fingerprint density at radius 3 is 2.95 bits per heavy atom. The number of thioether (sulfide) groups is 1. The first-order valence-electron chi connectivity index (χ1n) is 6.98. The lowest BCUT2D eigenvalue weighted by molar-refractivity contribution is 0.0410. The molecule has 0 unspecified atom stereocenters. The van der Waals surface area contributed by atoms with Crippen molar-refractivity contribution in [2.45, 2.75) is 6.42 Å². The van der Waals surface area contributed by atoms with Gasteiger partial charge in [-0.25, -0.2) is 4.99 Å². The second-order valence-corrected chi connectivity index (χ2v) is 6.66. The summed E-state index contributed by atoms with van der Waals surface area (Å²) in [5.41, 5.74) is 0.682. The largest absolute Gasteiger partial charge is 0.379 e. The molecule has 0 saturated carbocycles. The van der Waals surface area contributed by atoms with Gasteiger partial charge in [-0.15, -0.1) is 11.8 Å². The summed E-state index contributed by atoms with van der Waals surface area (Å²) in [5.74, 6) is 1.62. The SMILES string of the molecule is Cn1c(=S)[nH]c2c(c1=O)CC(SCCN1CCOCC1)=N2. The molecule has 1 aromatic heterocycles. The second kappa shape index (κ2) is 6.43. The van der Waals surface area contributed by atoms with E-state index in [1.165, 1.54) is 4.57 Å². The smallest absolute Gasteiger partial charge is 0.259 e. The molecule has 0 atom stereocenters. The normalized spacial score (nSPS) is 18.6. The molecule has 2 aliphatic heterocycles. The summed E-state index contributed by atoms with van der Waals surface area (Å²) >= 11 is 6.83. The fraction of sp³-hybridized carbons (Fsp3) is 0.615. The summed E-state index contributed by atoms with van der Waals surface area (Å²) in [6, 6.07) is 0. The summed E-state index contributed by atoms with van der Waals surface area (Å²) in [6.07, 6.45) is 0.613. The lowest BCUT2D eigenvalue weighted by Gasteiger charge is -2.26. The summed E-state index contributed by atoms with van der Waals surface area (Å²) in [5, 5.41) is 0.993. The van der Waals surface area contributed by atoms with E-state index in [1.54, 1.807) is 18.8 Å². The Bertz CT molecular complexity index is 674. The fourth-order valence-corrected chi connectivity index (χ4v) is 3.59. The molecule has 0 spiro atoms. The Morgan fingerprint density at radius 1 is 1.43 bits per heavy atom. The number of aromatic amines is 1. The van der Waals surface area contributed by atoms with E-state index in [2.05, 4.69) is 14.9 Å². The number of hydrogen-bond donors (Lipinski definition) is 1. The van der Waals surface area contributed by atoms with Crippen molar-refractivity contribution >= 4 is 34.8 Å². The van der Waals surface area contributed by atoms with Crippen LogP contribution >= 0.6 is 24.0 Å². The van der Waals surface area contributed by atoms with Crippen molar-refractivity contribution in [3.8, 4) is 0 Å². The van der Waals surface area contributed by atoms with Gasteiger partial charge >= 0.3 is 0 Å². The molecule has 21 heavy (non-hydrogen) atoms. The van der Waals surface area contributed by atoms with Gasteiger partial charge in [0.2, 0.25) is 0 Å². The van der Waals surface area contributed by atoms with Gasteiger partial charge in [0, 0.05) is 38.9 Å². The fourth-order valence-electron chi connectivity index (χ4n) is 2.43. The Morgan fingerprint density at radius 2 is 2.19 bits per heavy atom. The molecule has 0 radical (unpaired) electrons. The van der Waals surface area contributed by atoms with E-state index in [0.717, 1.165) is 49.2 Å². The van der Waals surface area contributed by atoms with Crippen LogP contribution < -0.4 is 5.56 Å². The summed E-state index contributed by atoms with van der Waals surface area (Å²) in [4.78, 5) is 22.0. The van der Waals surface area contributed by atoms with Crippen molar-refractivity contribution in [3.63, 3.8) is 0 Å². The predicted octanol–water partition coefficient (Wildman–Crippen LogP) is 1.09. The zero-order valence-corrected chi connectivity index (χ0v) is 13.6. The number of fused-ring (bicyclic) bond motifs is 1. The predicted molar refractivity (Wildman–Crippen MR) is 87.4 cm³/mol. The molecule has 1 saturated heterocycles. The third-order valence-electron chi connectivity index (χ3n) is 3.72. The Labute approximate surface area is 132 Å². The van der Waals surface area contributed by atoms with Crippen LogP contribution in [0.15, 0.2) is 9.79 Å². The monoisotopic (exact) mass is 326 g/mol. The molecule has 0 aliphatic carbocycles. The van der Waals surface area contributed by atoms with Gasteiger partial charge in [-0.2, -0.15) is 0 Å². The lowest BCUT2D eigenvalue weighted by Crippen LogP contribution is -2.37. The maximum absolute atomic E-state index is 12.1. The summed E-state index contributed by atoms with van der Waals surface area (Å²) in [7, 11) is 1.69. The molecular formula is C13H18N4O2S2. The van der Waals surface area contributed by atoms with E-state index >= 15 is 0 Å². The maximum Gasteiger partial charge on any atom is 0.259 e. The van der Waals surface area contributed by atoms with Crippen LogP contribution in [-0.4, -0.2) is 58.1 Å². The van der Waals surface area contributed by atoms with Gasteiger partial charge in [-0.3, -0.25) is 14.3 Å². The van der Waals surface area contributed by atoms with E-state index in [4.69, 9.17) is 17.0 Å². The number of nitrogens with zero attached hydrogens (tertiary/aromatic N) is 3. The highest BCUT2D eigenvalue weighted by molar-refractivity contribution is 8.14. The zero-order valence-electron chi connectivity index (χ0n) is 11.9. The highest BCUT2D eigenvalue weighted by atomic mass is 32.2. The van der Waals surface area contributed by atoms with Crippen molar-refractivity contribution in [1.29, 1.82) is 0 Å². The molecule has 3 heterocycles. The second-order valence-electron chi connectivity index (χ2n) is 5.11. The van der Waals surface area contributed by atoms with Gasteiger partial charge in [0.05, 0.1) is 23.8 Å². The quantitative estimate of drug-likeness (QED) is 0.843. The minimum Gasteiger partial charge on any atom is -0.379 e. The summed E-state index contributed by atoms with van der Waals surface area (Å²) < 4.78 is 7.22. The lowest BCUT2D eigenvalue weighted by atomic mass is 10.2. The van der Waals surface area contributed by atoms with Crippen LogP contribution in [0.1, 0.15) is 5.56 Å². The third-order valence-corrected chi connectivity index (χ3v) is 5.05. The van der Waals surface area contributed by atoms with Gasteiger partial charge in [-0.1, -0.05) is 0 Å². The summed E-state index contributed by atoms with van der Waals surface area (Å²) in [6.45, 7) is 4.67. The van der Waals surface area contributed by atoms with Gasteiger partial charge < -0.3 is 9.72 Å². The molecule has 0 amide bonds. The first-order valence-corrected chi connectivity index (χ1v) is 8.37. The molecule has 1 aromatic rings. The minimum absolute atomic E-state index is 0.0405. The van der Waals surface area contributed by atoms with E-state index < -0.39 is 0 Å². The van der Waals surface area contributed by atoms with Gasteiger partial charge in [0.1, 0.15) is 5.82 Å². The first kappa shape index (κ1) is 15.0. The van der Waals surface area contributed by atoms with E-state index in [1.807, 2.05) is 0 Å². The standard InChI is InChI=1S/C13H18N4O2S2/c1-16-12(18)9-8-10(14-11(9)15-13(16)20)21-7-4-17-2-5-19-6-3-17/h2-8H2,1H3,(H,15,20). The Kier molecular flexibility index (Phi) is 4.58. The number of H-pyrrole nitrogens is 1. The molecule has 2 aliphatic rings. The van der Waals surface area contributed by atoms with Crippen LogP contribution in [-0.2, 0) is 18.2 Å². The topological polar surface area (TPSA) is 62.6 Å². The third kappa shape index (κ3) is 3.28. The maximum atomic E-state index is 12.1. The van der Waals surface area contributed by atoms with Gasteiger partial charge in [0.25, 0.3) is 5.56 Å². The van der Waals surface area contributed by atoms with E-state index in [9.17, 15) is 4.79 Å². The van der Waals surface area contributed by atoms with Crippen molar-refractivity contribution < 1.29 is 4.74 Å². The average Bonchev–Trinajstić information content (AvgIpc) is 2.89. The molecule has 1 fully saturated rings. The van der Waals surface area contributed by atoms with Crippen LogP contribution in [0.25, 0.3) is 0 Å². The molecule has 114 valence electrons. The van der Waals surface area contributed by atoms with Crippen LogP contribution in [0.3, 0.4) is 0 Å². The zero-order chi connectivity index (χ0) is 14.8. The molecule has 0 bridgehead atoms. The molecular weight excluding hydrogens is 308 g/mol. The van der Waals surface area contributed by atoms with Crippen LogP contribution in [0, 0.1) is 4.77 Å². The molecule has 0 aromatic carbocycles. The van der Waals surface area contributed by atoms with E-state index in [0.29, 0.717) is 17.0 Å². The average molecular weight is 326 g/mol. The number of morpholine rings is 1. The van der Waals surface area contributed by atoms with Crippen LogP contribution in [0.2, 0.25) is 0 Å². The van der Waals surface area contributed by atoms with Crippen molar-refractivity contribution in [2.75, 3.05) is 38.6 Å². The molecule has 3 rings (SSSR count). The number of ether oxygens (including phenoxy) is 1. The van der Waals surface area contributed by atoms with Crippen molar-refractivity contribution in [1.82, 2.24) is 14.5 Å². The highest BCUT2D eigenvalue weighted by Gasteiger charge is 2.20. The van der Waals surface area contributed by atoms with Crippen LogP contribution in [0.4, 0.5) is 5.82 Å². The van der Waals surface area contributed by atoms with Crippen molar-refractivity contribution in [2.24, 2.45) is 12.0 Å². The number of hydrogen-bond acceptors (Lipinski definition) is 6. The number of aliphatic imine (C=N–C) groups is 1. The van der Waals surface area contributed by atoms with Gasteiger partial charge in [-0.05, 0) is 12.2 Å². The first-order chi connectivity index (χ1) is 10.1. The Hall–Kier alpha value is -0.960. The van der Waals surface area contributed by atoms with E-state index in [-0.39, 0.29) is 5.56 Å². The molecule has 1 N–H and O–H groups in total. The number of aromatic nitrogens is 2. The minimum atomic E-state index is -0.0405. The molecule has 8 heteroatoms. The van der Waals surface area contributed by atoms with Crippen molar-refractivity contribution in [3.05, 3.63) is 20.7 Å². The molecule has 6 nitrogen and oxygen atoms in total.